The molecule has 0 saturated heterocycles. The first kappa shape index (κ1) is 14.9. The molecule has 0 fully saturated rings. The maximum Gasteiger partial charge on any atom is 0.0485 e. The molecule has 2 rings (SSSR count). The lowest BCUT2D eigenvalue weighted by atomic mass is 10.0. The van der Waals surface area contributed by atoms with E-state index in [0.29, 0.717) is 18.1 Å². The highest BCUT2D eigenvalue weighted by Gasteiger charge is 2.13. The van der Waals surface area contributed by atoms with Gasteiger partial charge in [-0.3, -0.25) is 4.21 Å². The number of benzene rings is 2. The molecule has 0 heterocycles. The van der Waals surface area contributed by atoms with Gasteiger partial charge in [0.2, 0.25) is 0 Å². The Morgan fingerprint density at radius 1 is 1.10 bits per heavy atom. The second-order valence-corrected chi connectivity index (χ2v) is 6.58. The largest absolute Gasteiger partial charge is 0.330 e. The van der Waals surface area contributed by atoms with Gasteiger partial charge >= 0.3 is 0 Å². The van der Waals surface area contributed by atoms with Gasteiger partial charge in [0.05, 0.1) is 0 Å². The van der Waals surface area contributed by atoms with Gasteiger partial charge in [-0.25, -0.2) is 0 Å². The quantitative estimate of drug-likeness (QED) is 0.887. The average Bonchev–Trinajstić information content (AvgIpc) is 2.45. The summed E-state index contributed by atoms with van der Waals surface area (Å²) in [5.74, 6) is 1.39. The molecule has 3 heteroatoms. The van der Waals surface area contributed by atoms with Crippen LogP contribution >= 0.6 is 0 Å². The third-order valence-corrected chi connectivity index (χ3v) is 4.78. The molecule has 0 aliphatic rings. The molecule has 0 bridgehead atoms. The van der Waals surface area contributed by atoms with Crippen LogP contribution in [0.1, 0.15) is 22.6 Å². The molecular weight excluding hydrogens is 266 g/mol. The van der Waals surface area contributed by atoms with E-state index in [1.165, 1.54) is 11.1 Å². The molecule has 2 aromatic rings. The lowest BCUT2D eigenvalue weighted by Crippen LogP contribution is -2.19. The topological polar surface area (TPSA) is 43.1 Å². The van der Waals surface area contributed by atoms with E-state index in [4.69, 9.17) is 5.73 Å². The summed E-state index contributed by atoms with van der Waals surface area (Å²) in [7, 11) is -0.890. The van der Waals surface area contributed by atoms with Gasteiger partial charge < -0.3 is 5.73 Å². The summed E-state index contributed by atoms with van der Waals surface area (Å²) < 4.78 is 12.3. The van der Waals surface area contributed by atoms with Crippen molar-refractivity contribution in [1.82, 2.24) is 0 Å². The normalized spacial score (nSPS) is 13.9. The summed E-state index contributed by atoms with van der Waals surface area (Å²) in [5.41, 5.74) is 9.35. The zero-order valence-corrected chi connectivity index (χ0v) is 12.6. The van der Waals surface area contributed by atoms with E-state index in [1.807, 2.05) is 30.3 Å². The molecule has 0 aliphatic heterocycles. The minimum atomic E-state index is -0.890. The highest BCUT2D eigenvalue weighted by molar-refractivity contribution is 7.84. The van der Waals surface area contributed by atoms with Crippen LogP contribution in [-0.4, -0.2) is 16.5 Å². The molecule has 20 heavy (non-hydrogen) atoms. The molecule has 2 aromatic carbocycles. The summed E-state index contributed by atoms with van der Waals surface area (Å²) in [4.78, 5) is 0. The number of nitrogens with two attached hydrogens (primary N) is 1. The van der Waals surface area contributed by atoms with Crippen LogP contribution in [0.15, 0.2) is 54.6 Å². The van der Waals surface area contributed by atoms with Crippen molar-refractivity contribution >= 4 is 10.8 Å². The fourth-order valence-electron chi connectivity index (χ4n) is 2.30. The Labute approximate surface area is 123 Å². The van der Waals surface area contributed by atoms with Crippen LogP contribution < -0.4 is 5.73 Å². The first-order valence-corrected chi connectivity index (χ1v) is 8.33. The van der Waals surface area contributed by atoms with E-state index in [9.17, 15) is 4.21 Å². The minimum Gasteiger partial charge on any atom is -0.330 e. The standard InChI is InChI=1S/C17H21NOS/c1-14-6-5-7-15(10-14)12-20(19)13-17(11-18)16-8-3-2-4-9-16/h2-10,17H,11-13,18H2,1H3. The predicted molar refractivity (Wildman–Crippen MR) is 86.1 cm³/mol. The van der Waals surface area contributed by atoms with Crippen molar-refractivity contribution in [3.05, 3.63) is 71.3 Å². The van der Waals surface area contributed by atoms with Crippen molar-refractivity contribution < 1.29 is 4.21 Å². The van der Waals surface area contributed by atoms with Gasteiger partial charge in [-0.1, -0.05) is 60.2 Å². The van der Waals surface area contributed by atoms with Crippen LogP contribution in [0.25, 0.3) is 0 Å². The highest BCUT2D eigenvalue weighted by Crippen LogP contribution is 2.17. The number of aryl methyl sites for hydroxylation is 1. The maximum atomic E-state index is 12.3. The van der Waals surface area contributed by atoms with Gasteiger partial charge in [-0.15, -0.1) is 0 Å². The van der Waals surface area contributed by atoms with Crippen LogP contribution in [0.2, 0.25) is 0 Å². The first-order valence-electron chi connectivity index (χ1n) is 6.84. The summed E-state index contributed by atoms with van der Waals surface area (Å²) in [6, 6.07) is 18.3. The van der Waals surface area contributed by atoms with Crippen LogP contribution in [0.3, 0.4) is 0 Å². The first-order chi connectivity index (χ1) is 9.69. The van der Waals surface area contributed by atoms with Crippen LogP contribution in [0.4, 0.5) is 0 Å². The maximum absolute atomic E-state index is 12.3. The Bertz CT molecular complexity index is 568. The molecule has 0 spiro atoms. The van der Waals surface area contributed by atoms with Crippen LogP contribution in [-0.2, 0) is 16.6 Å². The van der Waals surface area contributed by atoms with Gasteiger partial charge in [-0.2, -0.15) is 0 Å². The van der Waals surface area contributed by atoms with Gasteiger partial charge in [-0.05, 0) is 18.1 Å². The van der Waals surface area contributed by atoms with E-state index in [-0.39, 0.29) is 5.92 Å². The number of hydrogen-bond donors (Lipinski definition) is 1. The predicted octanol–water partition coefficient (Wildman–Crippen LogP) is 2.99. The molecule has 2 unspecified atom stereocenters. The van der Waals surface area contributed by atoms with Gasteiger partial charge in [0, 0.05) is 34.8 Å². The third kappa shape index (κ3) is 4.29. The van der Waals surface area contributed by atoms with Crippen molar-refractivity contribution in [2.45, 2.75) is 18.6 Å². The molecule has 0 aromatic heterocycles. The van der Waals surface area contributed by atoms with Crippen molar-refractivity contribution in [2.75, 3.05) is 12.3 Å². The molecule has 0 saturated carbocycles. The fourth-order valence-corrected chi connectivity index (χ4v) is 3.74. The summed E-state index contributed by atoms with van der Waals surface area (Å²) in [6.07, 6.45) is 0. The minimum absolute atomic E-state index is 0.168. The van der Waals surface area contributed by atoms with Gasteiger partial charge in [0.25, 0.3) is 0 Å². The SMILES string of the molecule is Cc1cccc(CS(=O)CC(CN)c2ccccc2)c1. The second kappa shape index (κ2) is 7.36. The average molecular weight is 287 g/mol. The van der Waals surface area contributed by atoms with Crippen molar-refractivity contribution in [3.8, 4) is 0 Å². The Balaban J connectivity index is 2.00. The van der Waals surface area contributed by atoms with Crippen molar-refractivity contribution in [3.63, 3.8) is 0 Å². The van der Waals surface area contributed by atoms with E-state index in [2.05, 4.69) is 31.2 Å². The summed E-state index contributed by atoms with van der Waals surface area (Å²) in [5, 5.41) is 0. The summed E-state index contributed by atoms with van der Waals surface area (Å²) >= 11 is 0. The summed E-state index contributed by atoms with van der Waals surface area (Å²) in [6.45, 7) is 2.59. The zero-order chi connectivity index (χ0) is 14.4. The number of rotatable bonds is 6. The molecular formula is C17H21NOS. The van der Waals surface area contributed by atoms with E-state index < -0.39 is 10.8 Å². The molecule has 106 valence electrons. The van der Waals surface area contributed by atoms with Crippen molar-refractivity contribution in [2.24, 2.45) is 5.73 Å². The highest BCUT2D eigenvalue weighted by atomic mass is 32.2. The van der Waals surface area contributed by atoms with Gasteiger partial charge in [0.15, 0.2) is 0 Å². The smallest absolute Gasteiger partial charge is 0.0485 e. The monoisotopic (exact) mass is 287 g/mol. The lowest BCUT2D eigenvalue weighted by molar-refractivity contribution is 0.672. The van der Waals surface area contributed by atoms with Crippen molar-refractivity contribution in [1.29, 1.82) is 0 Å². The Hall–Kier alpha value is -1.45. The van der Waals surface area contributed by atoms with Crippen LogP contribution in [0.5, 0.6) is 0 Å². The molecule has 2 atom stereocenters. The zero-order valence-electron chi connectivity index (χ0n) is 11.8. The Kier molecular flexibility index (Phi) is 5.50. The number of hydrogen-bond acceptors (Lipinski definition) is 2. The second-order valence-electron chi connectivity index (χ2n) is 5.08. The van der Waals surface area contributed by atoms with E-state index >= 15 is 0 Å². The molecule has 0 amide bonds. The van der Waals surface area contributed by atoms with E-state index in [1.54, 1.807) is 0 Å². The Morgan fingerprint density at radius 2 is 1.85 bits per heavy atom. The Morgan fingerprint density at radius 3 is 2.50 bits per heavy atom. The molecule has 2 nitrogen and oxygen atoms in total. The van der Waals surface area contributed by atoms with E-state index in [0.717, 1.165) is 5.56 Å². The molecule has 2 N–H and O–H groups in total. The van der Waals surface area contributed by atoms with Gasteiger partial charge in [0.1, 0.15) is 0 Å². The molecule has 0 radical (unpaired) electrons. The third-order valence-electron chi connectivity index (χ3n) is 3.35. The van der Waals surface area contributed by atoms with Crippen LogP contribution in [0, 0.1) is 6.92 Å². The lowest BCUT2D eigenvalue weighted by Gasteiger charge is -2.15. The molecule has 0 aliphatic carbocycles. The fraction of sp³-hybridized carbons (Fsp3) is 0.294.